The van der Waals surface area contributed by atoms with Gasteiger partial charge in [0, 0.05) is 12.1 Å². The fourth-order valence-corrected chi connectivity index (χ4v) is 3.21. The van der Waals surface area contributed by atoms with E-state index in [-0.39, 0.29) is 5.91 Å². The molecule has 3 aromatic rings. The highest BCUT2D eigenvalue weighted by Crippen LogP contribution is 2.23. The van der Waals surface area contributed by atoms with Crippen LogP contribution in [0, 0.1) is 6.92 Å². The first-order valence-electron chi connectivity index (χ1n) is 9.96. The Morgan fingerprint density at radius 2 is 1.79 bits per heavy atom. The van der Waals surface area contributed by atoms with Crippen LogP contribution in [0.4, 0.5) is 5.69 Å². The van der Waals surface area contributed by atoms with Gasteiger partial charge < -0.3 is 10.6 Å². The van der Waals surface area contributed by atoms with Crippen molar-refractivity contribution in [1.29, 1.82) is 0 Å². The van der Waals surface area contributed by atoms with Gasteiger partial charge in [-0.05, 0) is 66.9 Å². The van der Waals surface area contributed by atoms with Gasteiger partial charge in [-0.3, -0.25) is 4.79 Å². The first kappa shape index (κ1) is 20.9. The van der Waals surface area contributed by atoms with Crippen molar-refractivity contribution >= 4 is 40.0 Å². The summed E-state index contributed by atoms with van der Waals surface area (Å²) in [5.41, 5.74) is 5.54. The van der Waals surface area contributed by atoms with Gasteiger partial charge in [-0.1, -0.05) is 39.3 Å². The lowest BCUT2D eigenvalue weighted by Crippen LogP contribution is -2.34. The van der Waals surface area contributed by atoms with Gasteiger partial charge >= 0.3 is 0 Å². The Labute approximate surface area is 176 Å². The van der Waals surface area contributed by atoms with E-state index in [2.05, 4.69) is 46.8 Å². The third kappa shape index (κ3) is 5.17. The van der Waals surface area contributed by atoms with Crippen molar-refractivity contribution in [2.75, 3.05) is 5.32 Å². The number of nitrogens with one attached hydrogen (secondary N) is 2. The second-order valence-electron chi connectivity index (χ2n) is 7.50. The summed E-state index contributed by atoms with van der Waals surface area (Å²) in [6.45, 7) is 8.36. The molecule has 2 aromatic carbocycles. The van der Waals surface area contributed by atoms with Crippen molar-refractivity contribution in [1.82, 2.24) is 20.3 Å². The van der Waals surface area contributed by atoms with Crippen LogP contribution in [0.25, 0.3) is 16.7 Å². The van der Waals surface area contributed by atoms with Crippen LogP contribution in [-0.2, 0) is 4.79 Å². The maximum absolute atomic E-state index is 11.9. The minimum absolute atomic E-state index is 0.0705. The molecule has 0 bridgehead atoms. The lowest BCUT2D eigenvalue weighted by atomic mass is 10.0. The maximum Gasteiger partial charge on any atom is 0.226 e. The molecule has 0 spiro atoms. The molecule has 2 N–H and O–H groups in total. The SMILES string of the molecule is CCCCC(=O)NC(=S)Nc1cc2nn(-c3ccc(C(C)C)cc3)nc2cc1C. The zero-order valence-electron chi connectivity index (χ0n) is 17.3. The number of carbonyl (C=O) groups is 1. The fraction of sp³-hybridized carbons (Fsp3) is 0.364. The lowest BCUT2D eigenvalue weighted by molar-refractivity contribution is -0.119. The van der Waals surface area contributed by atoms with Gasteiger partial charge in [0.05, 0.1) is 5.69 Å². The van der Waals surface area contributed by atoms with Gasteiger partial charge in [-0.2, -0.15) is 4.80 Å². The minimum Gasteiger partial charge on any atom is -0.332 e. The number of hydrogen-bond acceptors (Lipinski definition) is 4. The topological polar surface area (TPSA) is 71.8 Å². The van der Waals surface area contributed by atoms with E-state index >= 15 is 0 Å². The van der Waals surface area contributed by atoms with Crippen molar-refractivity contribution < 1.29 is 4.79 Å². The van der Waals surface area contributed by atoms with Crippen molar-refractivity contribution in [2.24, 2.45) is 0 Å². The number of aryl methyl sites for hydroxylation is 1. The Bertz CT molecular complexity index is 1020. The number of thiocarbonyl (C=S) groups is 1. The molecule has 3 rings (SSSR count). The third-order valence-electron chi connectivity index (χ3n) is 4.78. The molecule has 0 atom stereocenters. The largest absolute Gasteiger partial charge is 0.332 e. The van der Waals surface area contributed by atoms with E-state index in [1.807, 2.05) is 38.1 Å². The zero-order chi connectivity index (χ0) is 21.0. The first-order chi connectivity index (χ1) is 13.9. The van der Waals surface area contributed by atoms with Crippen LogP contribution >= 0.6 is 12.2 Å². The average molecular weight is 410 g/mol. The molecule has 1 amide bonds. The van der Waals surface area contributed by atoms with E-state index in [9.17, 15) is 4.79 Å². The molecule has 6 nitrogen and oxygen atoms in total. The molecule has 0 radical (unpaired) electrons. The molecule has 7 heteroatoms. The van der Waals surface area contributed by atoms with Crippen LogP contribution in [0.5, 0.6) is 0 Å². The van der Waals surface area contributed by atoms with Crippen LogP contribution in [0.3, 0.4) is 0 Å². The Morgan fingerprint density at radius 3 is 2.41 bits per heavy atom. The molecule has 29 heavy (non-hydrogen) atoms. The second-order valence-corrected chi connectivity index (χ2v) is 7.91. The number of fused-ring (bicyclic) bond motifs is 1. The normalized spacial score (nSPS) is 11.1. The number of amides is 1. The van der Waals surface area contributed by atoms with Crippen LogP contribution in [-0.4, -0.2) is 26.0 Å². The molecule has 0 fully saturated rings. The summed E-state index contributed by atoms with van der Waals surface area (Å²) in [5.74, 6) is 0.412. The molecule has 0 saturated carbocycles. The Kier molecular flexibility index (Phi) is 6.59. The number of anilines is 1. The van der Waals surface area contributed by atoms with Crippen molar-refractivity contribution in [3.8, 4) is 5.69 Å². The molecule has 0 aliphatic carbocycles. The van der Waals surface area contributed by atoms with Crippen LogP contribution in [0.1, 0.15) is 57.1 Å². The first-order valence-corrected chi connectivity index (χ1v) is 10.4. The summed E-state index contributed by atoms with van der Waals surface area (Å²) in [7, 11) is 0. The second kappa shape index (κ2) is 9.13. The Balaban J connectivity index is 1.78. The van der Waals surface area contributed by atoms with Gasteiger partial charge in [0.15, 0.2) is 5.11 Å². The van der Waals surface area contributed by atoms with Gasteiger partial charge in [-0.15, -0.1) is 10.2 Å². The summed E-state index contributed by atoms with van der Waals surface area (Å²) >= 11 is 5.28. The highest BCUT2D eigenvalue weighted by atomic mass is 32.1. The van der Waals surface area contributed by atoms with Crippen LogP contribution in [0.15, 0.2) is 36.4 Å². The molecule has 0 aliphatic heterocycles. The monoisotopic (exact) mass is 409 g/mol. The minimum atomic E-state index is -0.0705. The molecule has 1 aromatic heterocycles. The number of unbranched alkanes of at least 4 members (excludes halogenated alkanes) is 1. The van der Waals surface area contributed by atoms with Crippen LogP contribution < -0.4 is 10.6 Å². The predicted molar refractivity (Wildman–Crippen MR) is 122 cm³/mol. The third-order valence-corrected chi connectivity index (χ3v) is 4.98. The molecular weight excluding hydrogens is 382 g/mol. The number of nitrogens with zero attached hydrogens (tertiary/aromatic N) is 3. The molecule has 152 valence electrons. The van der Waals surface area contributed by atoms with E-state index in [1.165, 1.54) is 5.56 Å². The van der Waals surface area contributed by atoms with E-state index in [4.69, 9.17) is 12.2 Å². The number of aromatic nitrogens is 3. The molecule has 0 aliphatic rings. The Hall–Kier alpha value is -2.80. The number of benzene rings is 2. The summed E-state index contributed by atoms with van der Waals surface area (Å²) in [6.07, 6.45) is 2.29. The molecule has 0 unspecified atom stereocenters. The van der Waals surface area contributed by atoms with E-state index in [0.29, 0.717) is 17.5 Å². The van der Waals surface area contributed by atoms with Gasteiger partial charge in [0.25, 0.3) is 0 Å². The molecular formula is C22H27N5OS. The number of rotatable bonds is 6. The van der Waals surface area contributed by atoms with E-state index in [1.54, 1.807) is 4.80 Å². The average Bonchev–Trinajstić information content (AvgIpc) is 3.09. The molecule has 1 heterocycles. The fourth-order valence-electron chi connectivity index (χ4n) is 2.99. The quantitative estimate of drug-likeness (QED) is 0.569. The highest BCUT2D eigenvalue weighted by molar-refractivity contribution is 7.80. The highest BCUT2D eigenvalue weighted by Gasteiger charge is 2.11. The van der Waals surface area contributed by atoms with Crippen molar-refractivity contribution in [3.63, 3.8) is 0 Å². The van der Waals surface area contributed by atoms with Gasteiger partial charge in [-0.25, -0.2) is 0 Å². The van der Waals surface area contributed by atoms with E-state index < -0.39 is 0 Å². The predicted octanol–water partition coefficient (Wildman–Crippen LogP) is 4.86. The Morgan fingerprint density at radius 1 is 1.14 bits per heavy atom. The lowest BCUT2D eigenvalue weighted by Gasteiger charge is -2.11. The summed E-state index contributed by atoms with van der Waals surface area (Å²) in [6, 6.07) is 12.1. The zero-order valence-corrected chi connectivity index (χ0v) is 18.1. The number of hydrogen-bond donors (Lipinski definition) is 2. The number of carbonyl (C=O) groups excluding carboxylic acids is 1. The summed E-state index contributed by atoms with van der Waals surface area (Å²) < 4.78 is 0. The van der Waals surface area contributed by atoms with Gasteiger partial charge in [0.2, 0.25) is 5.91 Å². The van der Waals surface area contributed by atoms with Crippen molar-refractivity contribution in [2.45, 2.75) is 52.9 Å². The van der Waals surface area contributed by atoms with E-state index in [0.717, 1.165) is 40.8 Å². The van der Waals surface area contributed by atoms with Crippen LogP contribution in [0.2, 0.25) is 0 Å². The standard InChI is InChI=1S/C22H27N5OS/c1-5-6-7-21(28)24-22(29)23-18-13-20-19(12-15(18)4)25-27(26-20)17-10-8-16(9-11-17)14(2)3/h8-14H,5-7H2,1-4H3,(H2,23,24,28,29). The summed E-state index contributed by atoms with van der Waals surface area (Å²) in [4.78, 5) is 13.5. The summed E-state index contributed by atoms with van der Waals surface area (Å²) in [5, 5.41) is 15.3. The smallest absolute Gasteiger partial charge is 0.226 e. The maximum atomic E-state index is 11.9. The van der Waals surface area contributed by atoms with Gasteiger partial charge in [0.1, 0.15) is 11.0 Å². The van der Waals surface area contributed by atoms with Crippen molar-refractivity contribution in [3.05, 3.63) is 47.5 Å². The molecule has 0 saturated heterocycles.